The van der Waals surface area contributed by atoms with Gasteiger partial charge in [-0.3, -0.25) is 14.4 Å². The molecule has 166 valence electrons. The monoisotopic (exact) mass is 417 g/mol. The molecule has 0 N–H and O–H groups in total. The number of esters is 1. The molecule has 0 saturated carbocycles. The van der Waals surface area contributed by atoms with Crippen molar-refractivity contribution in [3.63, 3.8) is 0 Å². The van der Waals surface area contributed by atoms with Gasteiger partial charge in [-0.25, -0.2) is 5.06 Å². The Balaban J connectivity index is 5.00. The Morgan fingerprint density at radius 1 is 1.07 bits per heavy atom. The van der Waals surface area contributed by atoms with E-state index in [1.54, 1.807) is 7.05 Å². The first-order valence-electron chi connectivity index (χ1n) is 10.2. The van der Waals surface area contributed by atoms with Crippen molar-refractivity contribution in [2.45, 2.75) is 92.0 Å². The van der Waals surface area contributed by atoms with Crippen molar-refractivity contribution < 1.29 is 23.6 Å². The van der Waals surface area contributed by atoms with Crippen LogP contribution in [-0.2, 0) is 23.6 Å². The number of hydrogen-bond donors (Lipinski definition) is 0. The zero-order chi connectivity index (χ0) is 22.3. The molecule has 0 spiro atoms. The molecule has 0 heterocycles. The quantitative estimate of drug-likeness (QED) is 0.221. The fourth-order valence-corrected chi connectivity index (χ4v) is 3.81. The minimum atomic E-state index is -1.98. The van der Waals surface area contributed by atoms with E-state index in [2.05, 4.69) is 33.9 Å². The van der Waals surface area contributed by atoms with Gasteiger partial charge in [-0.1, -0.05) is 27.7 Å². The van der Waals surface area contributed by atoms with Crippen LogP contribution >= 0.6 is 0 Å². The predicted octanol–water partition coefficient (Wildman–Crippen LogP) is 4.79. The number of rotatable bonds is 10. The lowest BCUT2D eigenvalue weighted by molar-refractivity contribution is -0.173. The van der Waals surface area contributed by atoms with Crippen molar-refractivity contribution >= 4 is 20.2 Å². The van der Waals surface area contributed by atoms with Crippen LogP contribution in [0.25, 0.3) is 0 Å². The lowest BCUT2D eigenvalue weighted by Gasteiger charge is -2.40. The molecule has 0 aromatic carbocycles. The van der Waals surface area contributed by atoms with E-state index in [1.807, 2.05) is 27.7 Å². The van der Waals surface area contributed by atoms with Crippen LogP contribution in [0, 0.1) is 11.3 Å². The number of carbonyl (C=O) groups is 2. The minimum Gasteiger partial charge on any atom is -0.465 e. The van der Waals surface area contributed by atoms with Crippen molar-refractivity contribution in [1.29, 1.82) is 0 Å². The largest absolute Gasteiger partial charge is 0.465 e. The molecule has 2 atom stereocenters. The van der Waals surface area contributed by atoms with Gasteiger partial charge in [-0.2, -0.15) is 0 Å². The second-order valence-corrected chi connectivity index (χ2v) is 14.9. The van der Waals surface area contributed by atoms with E-state index in [0.29, 0.717) is 19.4 Å². The molecule has 6 nitrogen and oxygen atoms in total. The van der Waals surface area contributed by atoms with Gasteiger partial charge in [-0.05, 0) is 58.2 Å². The Hall–Kier alpha value is -0.923. The van der Waals surface area contributed by atoms with Gasteiger partial charge >= 0.3 is 5.97 Å². The Morgan fingerprint density at radius 2 is 1.61 bits per heavy atom. The summed E-state index contributed by atoms with van der Waals surface area (Å²) in [6.45, 7) is 18.8. The maximum atomic E-state index is 12.4. The molecule has 0 bridgehead atoms. The summed E-state index contributed by atoms with van der Waals surface area (Å²) in [4.78, 5) is 29.3. The first kappa shape index (κ1) is 27.1. The van der Waals surface area contributed by atoms with Gasteiger partial charge in [0.25, 0.3) is 0 Å². The van der Waals surface area contributed by atoms with Gasteiger partial charge in [0.15, 0.2) is 8.32 Å². The van der Waals surface area contributed by atoms with E-state index in [-0.39, 0.29) is 28.9 Å². The SMILES string of the molecule is CON(C)C(=O)C(C)CC(CCCOC(=O)C(C)(C)C)O[Si](C)(C)C(C)(C)C. The normalized spacial score (nSPS) is 15.1. The summed E-state index contributed by atoms with van der Waals surface area (Å²) in [6, 6.07) is 0. The van der Waals surface area contributed by atoms with E-state index in [4.69, 9.17) is 14.0 Å². The van der Waals surface area contributed by atoms with Crippen molar-refractivity contribution in [3.8, 4) is 0 Å². The third-order valence-corrected chi connectivity index (χ3v) is 9.94. The zero-order valence-corrected chi connectivity index (χ0v) is 21.0. The second kappa shape index (κ2) is 10.7. The molecule has 0 aromatic rings. The summed E-state index contributed by atoms with van der Waals surface area (Å²) in [5, 5.41) is 1.35. The van der Waals surface area contributed by atoms with Crippen LogP contribution in [-0.4, -0.2) is 52.1 Å². The lowest BCUT2D eigenvalue weighted by Crippen LogP contribution is -2.45. The van der Waals surface area contributed by atoms with E-state index in [1.165, 1.54) is 12.2 Å². The number of nitrogens with zero attached hydrogens (tertiary/aromatic N) is 1. The predicted molar refractivity (Wildman–Crippen MR) is 115 cm³/mol. The topological polar surface area (TPSA) is 65.1 Å². The molecule has 0 aliphatic rings. The lowest BCUT2D eigenvalue weighted by atomic mass is 9.97. The summed E-state index contributed by atoms with van der Waals surface area (Å²) in [5.74, 6) is -0.470. The maximum absolute atomic E-state index is 12.4. The van der Waals surface area contributed by atoms with E-state index >= 15 is 0 Å². The second-order valence-electron chi connectivity index (χ2n) is 10.2. The van der Waals surface area contributed by atoms with Crippen LogP contribution in [0.1, 0.15) is 67.7 Å². The van der Waals surface area contributed by atoms with Gasteiger partial charge in [0, 0.05) is 19.1 Å². The van der Waals surface area contributed by atoms with Gasteiger partial charge in [0.05, 0.1) is 19.1 Å². The molecule has 2 unspecified atom stereocenters. The average molecular weight is 418 g/mol. The molecule has 28 heavy (non-hydrogen) atoms. The molecule has 0 fully saturated rings. The van der Waals surface area contributed by atoms with Crippen molar-refractivity contribution in [2.75, 3.05) is 20.8 Å². The Bertz CT molecular complexity index is 508. The number of hydroxylamine groups is 2. The van der Waals surface area contributed by atoms with Crippen LogP contribution in [0.3, 0.4) is 0 Å². The maximum Gasteiger partial charge on any atom is 0.311 e. The summed E-state index contributed by atoms with van der Waals surface area (Å²) < 4.78 is 12.0. The smallest absolute Gasteiger partial charge is 0.311 e. The van der Waals surface area contributed by atoms with Gasteiger partial charge < -0.3 is 9.16 Å². The molecule has 0 saturated heterocycles. The highest BCUT2D eigenvalue weighted by Gasteiger charge is 2.39. The van der Waals surface area contributed by atoms with Crippen LogP contribution < -0.4 is 0 Å². The molecule has 0 aliphatic carbocycles. The summed E-state index contributed by atoms with van der Waals surface area (Å²) >= 11 is 0. The first-order chi connectivity index (χ1) is 12.5. The number of hydrogen-bond acceptors (Lipinski definition) is 5. The number of carbonyl (C=O) groups excluding carboxylic acids is 2. The Morgan fingerprint density at radius 3 is 2.04 bits per heavy atom. The van der Waals surface area contributed by atoms with E-state index in [9.17, 15) is 9.59 Å². The fourth-order valence-electron chi connectivity index (χ4n) is 2.41. The highest BCUT2D eigenvalue weighted by molar-refractivity contribution is 6.74. The fraction of sp³-hybridized carbons (Fsp3) is 0.905. The molecule has 0 aliphatic heterocycles. The number of amides is 1. The van der Waals surface area contributed by atoms with E-state index < -0.39 is 13.7 Å². The van der Waals surface area contributed by atoms with Gasteiger partial charge in [0.2, 0.25) is 5.91 Å². The van der Waals surface area contributed by atoms with Crippen molar-refractivity contribution in [1.82, 2.24) is 5.06 Å². The third-order valence-electron chi connectivity index (χ3n) is 5.41. The molecule has 0 radical (unpaired) electrons. The summed E-state index contributed by atoms with van der Waals surface area (Å²) in [5.41, 5.74) is -0.497. The van der Waals surface area contributed by atoms with Crippen LogP contribution in [0.5, 0.6) is 0 Å². The van der Waals surface area contributed by atoms with Crippen LogP contribution in [0.15, 0.2) is 0 Å². The Labute approximate surface area is 173 Å². The zero-order valence-electron chi connectivity index (χ0n) is 20.0. The molecular formula is C21H43NO5Si. The molecule has 1 amide bonds. The average Bonchev–Trinajstić information content (AvgIpc) is 2.54. The molecule has 0 aromatic heterocycles. The van der Waals surface area contributed by atoms with Crippen molar-refractivity contribution in [3.05, 3.63) is 0 Å². The highest BCUT2D eigenvalue weighted by Crippen LogP contribution is 2.38. The van der Waals surface area contributed by atoms with E-state index in [0.717, 1.165) is 6.42 Å². The van der Waals surface area contributed by atoms with Crippen molar-refractivity contribution in [2.24, 2.45) is 11.3 Å². The molecule has 0 rings (SSSR count). The van der Waals surface area contributed by atoms with Gasteiger partial charge in [0.1, 0.15) is 0 Å². The Kier molecular flexibility index (Phi) is 10.4. The first-order valence-corrected chi connectivity index (χ1v) is 13.1. The molecular weight excluding hydrogens is 374 g/mol. The summed E-state index contributed by atoms with van der Waals surface area (Å²) in [7, 11) is 1.12. The molecule has 7 heteroatoms. The van der Waals surface area contributed by atoms with Crippen LogP contribution in [0.4, 0.5) is 0 Å². The summed E-state index contributed by atoms with van der Waals surface area (Å²) in [6.07, 6.45) is 2.02. The minimum absolute atomic E-state index is 0.0570. The third kappa shape index (κ3) is 9.05. The highest BCUT2D eigenvalue weighted by atomic mass is 28.4. The number of ether oxygens (including phenoxy) is 1. The standard InChI is InChI=1S/C21H43NO5Si/c1-16(18(23)22(8)25-9)15-17(27-28(10,11)21(5,6)7)13-12-14-26-19(24)20(2,3)4/h16-17H,12-15H2,1-11H3. The van der Waals surface area contributed by atoms with Gasteiger partial charge in [-0.15, -0.1) is 0 Å². The van der Waals surface area contributed by atoms with Crippen LogP contribution in [0.2, 0.25) is 18.1 Å².